The van der Waals surface area contributed by atoms with Crippen molar-refractivity contribution in [3.63, 3.8) is 0 Å². The molecule has 0 saturated carbocycles. The molecule has 3 rings (SSSR count). The zero-order valence-electron chi connectivity index (χ0n) is 13.2. The highest BCUT2D eigenvalue weighted by Gasteiger charge is 2.27. The molecule has 0 atom stereocenters. The van der Waals surface area contributed by atoms with Crippen LogP contribution in [0.5, 0.6) is 0 Å². The first-order valence-corrected chi connectivity index (χ1v) is 9.18. The standard InChI is InChI=1S/C16H16Cl2N6S/c17-10-2-1-3-12(14(10)18)25-15-11(8-19)23-13(9-22-15)24-6-4-16(20,21)5-7-24/h1-3,9H,4-7,20-21H2. The highest BCUT2D eigenvalue weighted by atomic mass is 35.5. The van der Waals surface area contributed by atoms with E-state index < -0.39 is 5.66 Å². The molecular weight excluding hydrogens is 379 g/mol. The summed E-state index contributed by atoms with van der Waals surface area (Å²) in [5.41, 5.74) is 11.5. The van der Waals surface area contributed by atoms with Crippen molar-refractivity contribution >= 4 is 40.8 Å². The molecule has 0 unspecified atom stereocenters. The van der Waals surface area contributed by atoms with E-state index in [1.54, 1.807) is 18.3 Å². The molecule has 0 radical (unpaired) electrons. The van der Waals surface area contributed by atoms with Crippen LogP contribution >= 0.6 is 35.0 Å². The maximum absolute atomic E-state index is 9.44. The maximum Gasteiger partial charge on any atom is 0.175 e. The summed E-state index contributed by atoms with van der Waals surface area (Å²) in [6, 6.07) is 7.42. The predicted octanol–water partition coefficient (Wildman–Crippen LogP) is 3.02. The van der Waals surface area contributed by atoms with Crippen LogP contribution in [-0.2, 0) is 0 Å². The molecule has 1 aromatic carbocycles. The van der Waals surface area contributed by atoms with Crippen LogP contribution in [0.1, 0.15) is 18.5 Å². The van der Waals surface area contributed by atoms with Crippen LogP contribution in [0.3, 0.4) is 0 Å². The van der Waals surface area contributed by atoms with Gasteiger partial charge in [-0.2, -0.15) is 5.26 Å². The van der Waals surface area contributed by atoms with Gasteiger partial charge >= 0.3 is 0 Å². The molecular formula is C16H16Cl2N6S. The average Bonchev–Trinajstić information content (AvgIpc) is 2.59. The lowest BCUT2D eigenvalue weighted by Crippen LogP contribution is -2.57. The van der Waals surface area contributed by atoms with E-state index in [9.17, 15) is 5.26 Å². The number of anilines is 1. The monoisotopic (exact) mass is 394 g/mol. The van der Waals surface area contributed by atoms with Gasteiger partial charge in [0.15, 0.2) is 5.69 Å². The molecule has 4 N–H and O–H groups in total. The van der Waals surface area contributed by atoms with Crippen LogP contribution in [0.4, 0.5) is 5.82 Å². The van der Waals surface area contributed by atoms with Crippen molar-refractivity contribution < 1.29 is 0 Å². The Kier molecular flexibility index (Phi) is 5.37. The van der Waals surface area contributed by atoms with Gasteiger partial charge in [0.05, 0.1) is 21.9 Å². The molecule has 25 heavy (non-hydrogen) atoms. The fourth-order valence-corrected chi connectivity index (χ4v) is 3.81. The molecule has 0 spiro atoms. The number of piperidine rings is 1. The number of rotatable bonds is 3. The first-order chi connectivity index (χ1) is 11.9. The van der Waals surface area contributed by atoms with Crippen LogP contribution in [0.15, 0.2) is 34.3 Å². The lowest BCUT2D eigenvalue weighted by molar-refractivity contribution is 0.344. The first-order valence-electron chi connectivity index (χ1n) is 7.61. The third kappa shape index (κ3) is 4.17. The Morgan fingerprint density at radius 2 is 1.96 bits per heavy atom. The second-order valence-electron chi connectivity index (χ2n) is 5.87. The molecule has 0 bridgehead atoms. The molecule has 1 saturated heterocycles. The Bertz CT molecular complexity index is 826. The van der Waals surface area contributed by atoms with Crippen molar-refractivity contribution in [3.8, 4) is 6.07 Å². The van der Waals surface area contributed by atoms with E-state index in [-0.39, 0.29) is 5.69 Å². The summed E-state index contributed by atoms with van der Waals surface area (Å²) in [7, 11) is 0. The minimum absolute atomic E-state index is 0.246. The highest BCUT2D eigenvalue weighted by Crippen LogP contribution is 2.37. The van der Waals surface area contributed by atoms with E-state index in [1.807, 2.05) is 11.0 Å². The number of hydrogen-bond donors (Lipinski definition) is 2. The fraction of sp³-hybridized carbons (Fsp3) is 0.312. The van der Waals surface area contributed by atoms with Crippen molar-refractivity contribution in [1.82, 2.24) is 9.97 Å². The molecule has 2 aromatic rings. The fourth-order valence-electron chi connectivity index (χ4n) is 2.49. The summed E-state index contributed by atoms with van der Waals surface area (Å²) >= 11 is 13.5. The predicted molar refractivity (Wildman–Crippen MR) is 99.9 cm³/mol. The van der Waals surface area contributed by atoms with Crippen LogP contribution in [0.25, 0.3) is 0 Å². The number of aromatic nitrogens is 2. The largest absolute Gasteiger partial charge is 0.355 e. The van der Waals surface area contributed by atoms with Gasteiger partial charge in [-0.05, 0) is 25.0 Å². The van der Waals surface area contributed by atoms with Crippen LogP contribution in [0, 0.1) is 11.3 Å². The Morgan fingerprint density at radius 1 is 1.24 bits per heavy atom. The van der Waals surface area contributed by atoms with Gasteiger partial charge in [-0.25, -0.2) is 9.97 Å². The summed E-state index contributed by atoms with van der Waals surface area (Å²) < 4.78 is 0. The summed E-state index contributed by atoms with van der Waals surface area (Å²) in [5, 5.41) is 10.8. The van der Waals surface area contributed by atoms with E-state index in [0.29, 0.717) is 46.8 Å². The van der Waals surface area contributed by atoms with Crippen molar-refractivity contribution in [1.29, 1.82) is 5.26 Å². The summed E-state index contributed by atoms with van der Waals surface area (Å²) in [5.74, 6) is 0.647. The number of nitrogens with two attached hydrogens (primary N) is 2. The number of halogens is 2. The van der Waals surface area contributed by atoms with E-state index >= 15 is 0 Å². The highest BCUT2D eigenvalue weighted by molar-refractivity contribution is 7.99. The van der Waals surface area contributed by atoms with Crippen LogP contribution < -0.4 is 16.4 Å². The Labute approximate surface area is 160 Å². The average molecular weight is 395 g/mol. The van der Waals surface area contributed by atoms with E-state index in [0.717, 1.165) is 4.90 Å². The lowest BCUT2D eigenvalue weighted by atomic mass is 9.99. The Balaban J connectivity index is 1.83. The second kappa shape index (κ2) is 7.36. The number of benzene rings is 1. The quantitative estimate of drug-likeness (QED) is 0.770. The van der Waals surface area contributed by atoms with Crippen LogP contribution in [-0.4, -0.2) is 28.7 Å². The lowest BCUT2D eigenvalue weighted by Gasteiger charge is -2.36. The molecule has 1 aromatic heterocycles. The molecule has 6 nitrogen and oxygen atoms in total. The van der Waals surface area contributed by atoms with Gasteiger partial charge in [0, 0.05) is 18.0 Å². The maximum atomic E-state index is 9.44. The smallest absolute Gasteiger partial charge is 0.175 e. The number of nitriles is 1. The molecule has 130 valence electrons. The van der Waals surface area contributed by atoms with Crippen molar-refractivity contribution in [2.24, 2.45) is 11.5 Å². The topological polar surface area (TPSA) is 105 Å². The van der Waals surface area contributed by atoms with E-state index in [4.69, 9.17) is 34.7 Å². The van der Waals surface area contributed by atoms with Gasteiger partial charge < -0.3 is 16.4 Å². The molecule has 1 fully saturated rings. The summed E-state index contributed by atoms with van der Waals surface area (Å²) in [6.45, 7) is 1.36. The molecule has 1 aliphatic rings. The molecule has 1 aliphatic heterocycles. The SMILES string of the molecule is N#Cc1nc(N2CCC(N)(N)CC2)cnc1Sc1cccc(Cl)c1Cl. The van der Waals surface area contributed by atoms with Gasteiger partial charge in [0.2, 0.25) is 0 Å². The Hall–Kier alpha value is -1.56. The zero-order valence-corrected chi connectivity index (χ0v) is 15.6. The summed E-state index contributed by atoms with van der Waals surface area (Å²) in [6.07, 6.45) is 2.97. The van der Waals surface area contributed by atoms with Crippen molar-refractivity contribution in [2.75, 3.05) is 18.0 Å². The van der Waals surface area contributed by atoms with E-state index in [2.05, 4.69) is 16.0 Å². The van der Waals surface area contributed by atoms with Gasteiger partial charge in [0.25, 0.3) is 0 Å². The number of hydrogen-bond acceptors (Lipinski definition) is 7. The molecule has 0 amide bonds. The number of nitrogens with zero attached hydrogens (tertiary/aromatic N) is 4. The first kappa shape index (κ1) is 18.2. The minimum Gasteiger partial charge on any atom is -0.355 e. The van der Waals surface area contributed by atoms with Gasteiger partial charge in [0.1, 0.15) is 16.9 Å². The van der Waals surface area contributed by atoms with E-state index in [1.165, 1.54) is 11.8 Å². The van der Waals surface area contributed by atoms with Gasteiger partial charge in [-0.15, -0.1) is 0 Å². The zero-order chi connectivity index (χ0) is 18.0. The molecule has 0 aliphatic carbocycles. The normalized spacial score (nSPS) is 16.5. The minimum atomic E-state index is -0.638. The molecule has 9 heteroatoms. The molecule has 2 heterocycles. The third-order valence-electron chi connectivity index (χ3n) is 3.97. The van der Waals surface area contributed by atoms with Gasteiger partial charge in [-0.3, -0.25) is 0 Å². The Morgan fingerprint density at radius 3 is 2.64 bits per heavy atom. The third-order valence-corrected chi connectivity index (χ3v) is 5.96. The van der Waals surface area contributed by atoms with Crippen LogP contribution in [0.2, 0.25) is 10.0 Å². The van der Waals surface area contributed by atoms with Crippen molar-refractivity contribution in [2.45, 2.75) is 28.4 Å². The van der Waals surface area contributed by atoms with Gasteiger partial charge in [-0.1, -0.05) is 41.0 Å². The van der Waals surface area contributed by atoms with Crippen molar-refractivity contribution in [3.05, 3.63) is 40.1 Å². The second-order valence-corrected chi connectivity index (χ2v) is 7.68. The summed E-state index contributed by atoms with van der Waals surface area (Å²) in [4.78, 5) is 11.6.